The van der Waals surface area contributed by atoms with Crippen molar-refractivity contribution in [3.63, 3.8) is 0 Å². The van der Waals surface area contributed by atoms with E-state index in [-0.39, 0.29) is 12.1 Å². The van der Waals surface area contributed by atoms with Crippen LogP contribution in [0.25, 0.3) is 0 Å². The van der Waals surface area contributed by atoms with Gasteiger partial charge in [-0.15, -0.1) is 0 Å². The monoisotopic (exact) mass is 412 g/mol. The standard InChI is InChI=1S/C28H32N2O/c31-21-24-18-28(25-14-8-3-9-15-25)27(29-19-22-10-4-1-5-11-22)17-16-26(24)30(28)20-23-12-6-2-7-13-23/h1-15,24,26-27,29,31H,16-21H2/t24-,26-,27+,28+/m0/s1. The molecule has 0 aliphatic carbocycles. The summed E-state index contributed by atoms with van der Waals surface area (Å²) in [6.07, 6.45) is 3.25. The van der Waals surface area contributed by atoms with Crippen LogP contribution in [-0.2, 0) is 18.6 Å². The summed E-state index contributed by atoms with van der Waals surface area (Å²) < 4.78 is 0. The molecule has 0 saturated carbocycles. The maximum Gasteiger partial charge on any atom is 0.0624 e. The van der Waals surface area contributed by atoms with Crippen molar-refractivity contribution in [2.75, 3.05) is 6.61 Å². The second kappa shape index (κ2) is 8.96. The third-order valence-corrected chi connectivity index (χ3v) is 7.46. The second-order valence-electron chi connectivity index (χ2n) is 9.11. The van der Waals surface area contributed by atoms with E-state index in [1.165, 1.54) is 16.7 Å². The van der Waals surface area contributed by atoms with Crippen LogP contribution in [0, 0.1) is 5.92 Å². The highest BCUT2D eigenvalue weighted by Crippen LogP contribution is 2.53. The van der Waals surface area contributed by atoms with Crippen LogP contribution in [0.2, 0.25) is 0 Å². The van der Waals surface area contributed by atoms with Gasteiger partial charge in [0, 0.05) is 31.8 Å². The maximum absolute atomic E-state index is 10.3. The van der Waals surface area contributed by atoms with Crippen LogP contribution in [0.4, 0.5) is 0 Å². The molecule has 2 heterocycles. The van der Waals surface area contributed by atoms with Crippen LogP contribution in [-0.4, -0.2) is 28.7 Å². The first kappa shape index (κ1) is 20.4. The molecule has 3 aromatic carbocycles. The first-order valence-electron chi connectivity index (χ1n) is 11.6. The molecule has 4 atom stereocenters. The molecule has 31 heavy (non-hydrogen) atoms. The van der Waals surface area contributed by atoms with Crippen LogP contribution in [0.15, 0.2) is 91.0 Å². The van der Waals surface area contributed by atoms with Crippen molar-refractivity contribution in [1.29, 1.82) is 0 Å². The number of benzene rings is 3. The van der Waals surface area contributed by atoms with Gasteiger partial charge < -0.3 is 10.4 Å². The number of hydrogen-bond donors (Lipinski definition) is 2. The molecule has 2 saturated heterocycles. The van der Waals surface area contributed by atoms with E-state index in [1.54, 1.807) is 0 Å². The topological polar surface area (TPSA) is 35.5 Å². The Morgan fingerprint density at radius 3 is 2.06 bits per heavy atom. The van der Waals surface area contributed by atoms with E-state index < -0.39 is 0 Å². The minimum Gasteiger partial charge on any atom is -0.396 e. The van der Waals surface area contributed by atoms with E-state index in [0.717, 1.165) is 32.4 Å². The number of aliphatic hydroxyl groups is 1. The predicted octanol–water partition coefficient (Wildman–Crippen LogP) is 4.72. The highest BCUT2D eigenvalue weighted by atomic mass is 16.3. The molecule has 0 radical (unpaired) electrons. The Balaban J connectivity index is 1.53. The molecule has 0 amide bonds. The largest absolute Gasteiger partial charge is 0.396 e. The quantitative estimate of drug-likeness (QED) is 0.590. The molecule has 3 nitrogen and oxygen atoms in total. The average Bonchev–Trinajstić information content (AvgIpc) is 3.04. The second-order valence-corrected chi connectivity index (χ2v) is 9.11. The van der Waals surface area contributed by atoms with Gasteiger partial charge in [-0.05, 0) is 41.9 Å². The molecule has 3 aromatic rings. The van der Waals surface area contributed by atoms with Gasteiger partial charge in [-0.3, -0.25) is 4.90 Å². The fourth-order valence-electron chi connectivity index (χ4n) is 6.06. The van der Waals surface area contributed by atoms with Crippen molar-refractivity contribution in [1.82, 2.24) is 10.2 Å². The molecule has 0 unspecified atom stereocenters. The van der Waals surface area contributed by atoms with Crippen LogP contribution >= 0.6 is 0 Å². The summed E-state index contributed by atoms with van der Waals surface area (Å²) in [6, 6.07) is 33.3. The number of nitrogens with zero attached hydrogens (tertiary/aromatic N) is 1. The summed E-state index contributed by atoms with van der Waals surface area (Å²) in [5, 5.41) is 14.2. The van der Waals surface area contributed by atoms with Crippen molar-refractivity contribution in [2.45, 2.75) is 50.0 Å². The summed E-state index contributed by atoms with van der Waals surface area (Å²) in [5.41, 5.74) is 3.92. The van der Waals surface area contributed by atoms with E-state index in [4.69, 9.17) is 0 Å². The van der Waals surface area contributed by atoms with Crippen LogP contribution in [0.5, 0.6) is 0 Å². The summed E-state index contributed by atoms with van der Waals surface area (Å²) in [4.78, 5) is 2.71. The van der Waals surface area contributed by atoms with Crippen LogP contribution in [0.3, 0.4) is 0 Å². The number of fused-ring (bicyclic) bond motifs is 2. The molecular weight excluding hydrogens is 380 g/mol. The molecule has 2 aliphatic heterocycles. The van der Waals surface area contributed by atoms with Gasteiger partial charge in [0.05, 0.1) is 5.54 Å². The normalized spacial score (nSPS) is 28.0. The fraction of sp³-hybridized carbons (Fsp3) is 0.357. The van der Waals surface area contributed by atoms with E-state index >= 15 is 0 Å². The lowest BCUT2D eigenvalue weighted by atomic mass is 9.76. The molecular formula is C28H32N2O. The molecule has 0 spiro atoms. The number of aliphatic hydroxyl groups excluding tert-OH is 1. The van der Waals surface area contributed by atoms with Gasteiger partial charge in [0.25, 0.3) is 0 Å². The van der Waals surface area contributed by atoms with Gasteiger partial charge >= 0.3 is 0 Å². The van der Waals surface area contributed by atoms with Crippen molar-refractivity contribution in [3.8, 4) is 0 Å². The molecule has 160 valence electrons. The smallest absolute Gasteiger partial charge is 0.0624 e. The van der Waals surface area contributed by atoms with Gasteiger partial charge in [-0.2, -0.15) is 0 Å². The lowest BCUT2D eigenvalue weighted by Crippen LogP contribution is -2.60. The first-order valence-corrected chi connectivity index (χ1v) is 11.6. The molecule has 2 fully saturated rings. The van der Waals surface area contributed by atoms with E-state index in [9.17, 15) is 5.11 Å². The van der Waals surface area contributed by atoms with E-state index in [0.29, 0.717) is 18.0 Å². The Morgan fingerprint density at radius 1 is 0.806 bits per heavy atom. The molecule has 3 heteroatoms. The van der Waals surface area contributed by atoms with Crippen molar-refractivity contribution >= 4 is 0 Å². The molecule has 2 N–H and O–H groups in total. The Kier molecular flexibility index (Phi) is 5.91. The number of nitrogens with one attached hydrogen (secondary N) is 1. The molecule has 2 bridgehead atoms. The third-order valence-electron chi connectivity index (χ3n) is 7.46. The zero-order chi connectivity index (χ0) is 21.1. The predicted molar refractivity (Wildman–Crippen MR) is 125 cm³/mol. The number of rotatable bonds is 7. The summed E-state index contributed by atoms with van der Waals surface area (Å²) in [6.45, 7) is 2.05. The van der Waals surface area contributed by atoms with Crippen molar-refractivity contribution in [2.24, 2.45) is 5.92 Å². The van der Waals surface area contributed by atoms with E-state index in [2.05, 4.69) is 101 Å². The Bertz CT molecular complexity index is 962. The number of hydrogen-bond acceptors (Lipinski definition) is 3. The minimum atomic E-state index is -0.109. The first-order chi connectivity index (χ1) is 15.3. The SMILES string of the molecule is OC[C@@H]1C[C@@]2(c3ccccc3)[C@H](NCc3ccccc3)CC[C@@H]1N2Cc1ccccc1. The third kappa shape index (κ3) is 3.82. The van der Waals surface area contributed by atoms with Crippen LogP contribution < -0.4 is 5.32 Å². The summed E-state index contributed by atoms with van der Waals surface area (Å²) >= 11 is 0. The maximum atomic E-state index is 10.3. The molecule has 2 aliphatic rings. The van der Waals surface area contributed by atoms with Gasteiger partial charge in [-0.25, -0.2) is 0 Å². The minimum absolute atomic E-state index is 0.109. The van der Waals surface area contributed by atoms with Gasteiger partial charge in [-0.1, -0.05) is 91.0 Å². The van der Waals surface area contributed by atoms with Crippen molar-refractivity contribution < 1.29 is 5.11 Å². The molecule has 0 aromatic heterocycles. The molecule has 5 rings (SSSR count). The Hall–Kier alpha value is -2.46. The lowest BCUT2D eigenvalue weighted by molar-refractivity contribution is 0.00651. The zero-order valence-corrected chi connectivity index (χ0v) is 18.0. The van der Waals surface area contributed by atoms with Gasteiger partial charge in [0.1, 0.15) is 0 Å². The van der Waals surface area contributed by atoms with Gasteiger partial charge in [0.15, 0.2) is 0 Å². The van der Waals surface area contributed by atoms with E-state index in [1.807, 2.05) is 0 Å². The van der Waals surface area contributed by atoms with Gasteiger partial charge in [0.2, 0.25) is 0 Å². The average molecular weight is 413 g/mol. The van der Waals surface area contributed by atoms with Crippen LogP contribution in [0.1, 0.15) is 36.0 Å². The summed E-state index contributed by atoms with van der Waals surface area (Å²) in [5.74, 6) is 0.312. The highest BCUT2D eigenvalue weighted by Gasteiger charge is 2.58. The Morgan fingerprint density at radius 2 is 1.42 bits per heavy atom. The summed E-state index contributed by atoms with van der Waals surface area (Å²) in [7, 11) is 0. The highest BCUT2D eigenvalue weighted by molar-refractivity contribution is 5.33. The number of piperidine rings is 1. The lowest BCUT2D eigenvalue weighted by Gasteiger charge is -2.51. The zero-order valence-electron chi connectivity index (χ0n) is 18.0. The Labute approximate surface area is 185 Å². The fourth-order valence-corrected chi connectivity index (χ4v) is 6.06. The van der Waals surface area contributed by atoms with Crippen molar-refractivity contribution in [3.05, 3.63) is 108 Å².